The molecule has 19 heavy (non-hydrogen) atoms. The zero-order valence-corrected chi connectivity index (χ0v) is 10.6. The molecule has 0 heterocycles. The second kappa shape index (κ2) is 7.15. The number of carbonyl (C=O) groups excluding carboxylic acids is 2. The van der Waals surface area contributed by atoms with Gasteiger partial charge in [0.25, 0.3) is 0 Å². The van der Waals surface area contributed by atoms with E-state index in [-0.39, 0.29) is 25.2 Å². The van der Waals surface area contributed by atoms with E-state index in [2.05, 4.69) is 10.6 Å². The molecular formula is C13H16N2O4. The highest BCUT2D eigenvalue weighted by molar-refractivity contribution is 5.93. The molecule has 0 radical (unpaired) electrons. The van der Waals surface area contributed by atoms with Crippen LogP contribution in [0.5, 0.6) is 0 Å². The van der Waals surface area contributed by atoms with Crippen molar-refractivity contribution in [2.24, 2.45) is 0 Å². The molecule has 6 nitrogen and oxygen atoms in total. The molecule has 1 rings (SSSR count). The zero-order valence-electron chi connectivity index (χ0n) is 10.6. The summed E-state index contributed by atoms with van der Waals surface area (Å²) in [6.45, 7) is 1.76. The fourth-order valence-corrected chi connectivity index (χ4v) is 1.33. The van der Waals surface area contributed by atoms with Gasteiger partial charge in [-0.1, -0.05) is 17.7 Å². The van der Waals surface area contributed by atoms with Crippen molar-refractivity contribution in [2.45, 2.75) is 19.8 Å². The number of aliphatic carboxylic acids is 1. The van der Waals surface area contributed by atoms with E-state index < -0.39 is 12.0 Å². The van der Waals surface area contributed by atoms with Crippen LogP contribution in [0.3, 0.4) is 0 Å². The van der Waals surface area contributed by atoms with Crippen LogP contribution in [0.1, 0.15) is 18.4 Å². The fourth-order valence-electron chi connectivity index (χ4n) is 1.33. The van der Waals surface area contributed by atoms with Crippen LogP contribution >= 0.6 is 0 Å². The molecule has 0 saturated carbocycles. The summed E-state index contributed by atoms with van der Waals surface area (Å²) in [5.41, 5.74) is 1.70. The van der Waals surface area contributed by atoms with Crippen molar-refractivity contribution in [3.05, 3.63) is 29.8 Å². The Balaban J connectivity index is 2.29. The van der Waals surface area contributed by atoms with Crippen molar-refractivity contribution < 1.29 is 19.5 Å². The maximum atomic E-state index is 11.4. The normalized spacial score (nSPS) is 9.74. The van der Waals surface area contributed by atoms with Crippen LogP contribution in [0.2, 0.25) is 0 Å². The third-order valence-electron chi connectivity index (χ3n) is 2.37. The Labute approximate surface area is 110 Å². The van der Waals surface area contributed by atoms with E-state index in [0.717, 1.165) is 5.56 Å². The Morgan fingerprint density at radius 3 is 2.32 bits per heavy atom. The van der Waals surface area contributed by atoms with Crippen molar-refractivity contribution in [2.75, 3.05) is 11.9 Å². The van der Waals surface area contributed by atoms with E-state index >= 15 is 0 Å². The minimum Gasteiger partial charge on any atom is -0.481 e. The summed E-state index contributed by atoms with van der Waals surface area (Å²) < 4.78 is 0. The highest BCUT2D eigenvalue weighted by atomic mass is 16.4. The number of anilines is 1. The minimum absolute atomic E-state index is 0.0832. The van der Waals surface area contributed by atoms with Crippen molar-refractivity contribution in [1.82, 2.24) is 5.32 Å². The van der Waals surface area contributed by atoms with Gasteiger partial charge in [0.2, 0.25) is 0 Å². The maximum Gasteiger partial charge on any atom is 0.319 e. The number of benzene rings is 1. The summed E-state index contributed by atoms with van der Waals surface area (Å²) in [6.07, 6.45) is -0.305. The van der Waals surface area contributed by atoms with Crippen LogP contribution in [-0.2, 0) is 9.59 Å². The largest absolute Gasteiger partial charge is 0.481 e. The lowest BCUT2D eigenvalue weighted by molar-refractivity contribution is -0.138. The standard InChI is InChI=1S/C13H16N2O4/c1-9-2-4-10(5-3-9)15-13(19)14-8-11(16)6-7-12(17)18/h2-5H,6-8H2,1H3,(H,17,18)(H2,14,15,19). The minimum atomic E-state index is -1.03. The number of nitrogens with one attached hydrogen (secondary N) is 2. The smallest absolute Gasteiger partial charge is 0.319 e. The maximum absolute atomic E-state index is 11.4. The second-order valence-corrected chi connectivity index (χ2v) is 4.11. The van der Waals surface area contributed by atoms with Crippen LogP contribution in [0.4, 0.5) is 10.5 Å². The number of carboxylic acids is 1. The van der Waals surface area contributed by atoms with Gasteiger partial charge in [-0.2, -0.15) is 0 Å². The Kier molecular flexibility index (Phi) is 5.53. The number of carbonyl (C=O) groups is 3. The Bertz CT molecular complexity index is 468. The van der Waals surface area contributed by atoms with Crippen molar-refractivity contribution in [3.8, 4) is 0 Å². The molecule has 0 atom stereocenters. The molecule has 0 bridgehead atoms. The highest BCUT2D eigenvalue weighted by Crippen LogP contribution is 2.07. The molecule has 102 valence electrons. The van der Waals surface area contributed by atoms with Gasteiger partial charge in [0.05, 0.1) is 13.0 Å². The molecule has 0 spiro atoms. The lowest BCUT2D eigenvalue weighted by atomic mass is 10.2. The van der Waals surface area contributed by atoms with Gasteiger partial charge < -0.3 is 15.7 Å². The van der Waals surface area contributed by atoms with E-state index in [1.807, 2.05) is 19.1 Å². The number of Topliss-reactive ketones (excluding diaryl/α,β-unsaturated/α-hetero) is 1. The van der Waals surface area contributed by atoms with Gasteiger partial charge in [-0.25, -0.2) is 4.79 Å². The molecule has 6 heteroatoms. The predicted molar refractivity (Wildman–Crippen MR) is 70.1 cm³/mol. The first-order valence-electron chi connectivity index (χ1n) is 5.82. The van der Waals surface area contributed by atoms with Crippen molar-refractivity contribution >= 4 is 23.5 Å². The van der Waals surface area contributed by atoms with E-state index in [0.29, 0.717) is 5.69 Å². The highest BCUT2D eigenvalue weighted by Gasteiger charge is 2.07. The third kappa shape index (κ3) is 6.21. The number of carboxylic acid groups (broad SMARTS) is 1. The monoisotopic (exact) mass is 264 g/mol. The molecule has 1 aromatic carbocycles. The summed E-state index contributed by atoms with van der Waals surface area (Å²) in [7, 11) is 0. The van der Waals surface area contributed by atoms with Gasteiger partial charge in [-0.3, -0.25) is 9.59 Å². The predicted octanol–water partition coefficient (Wildman–Crippen LogP) is 1.55. The number of amides is 2. The SMILES string of the molecule is Cc1ccc(NC(=O)NCC(=O)CCC(=O)O)cc1. The third-order valence-corrected chi connectivity index (χ3v) is 2.37. The Hall–Kier alpha value is -2.37. The molecule has 3 N–H and O–H groups in total. The van der Waals surface area contributed by atoms with Crippen LogP contribution in [0, 0.1) is 6.92 Å². The molecule has 1 aromatic rings. The summed E-state index contributed by atoms with van der Waals surface area (Å²) in [5, 5.41) is 13.4. The lowest BCUT2D eigenvalue weighted by Gasteiger charge is -2.07. The van der Waals surface area contributed by atoms with Gasteiger partial charge in [-0.15, -0.1) is 0 Å². The average Bonchev–Trinajstić information content (AvgIpc) is 2.36. The van der Waals surface area contributed by atoms with Gasteiger partial charge in [0.1, 0.15) is 0 Å². The quantitative estimate of drug-likeness (QED) is 0.726. The van der Waals surface area contributed by atoms with E-state index in [1.165, 1.54) is 0 Å². The summed E-state index contributed by atoms with van der Waals surface area (Å²) in [4.78, 5) is 33.0. The molecule has 2 amide bonds. The molecular weight excluding hydrogens is 248 g/mol. The van der Waals surface area contributed by atoms with Crippen LogP contribution in [-0.4, -0.2) is 29.4 Å². The molecule has 0 aliphatic rings. The zero-order chi connectivity index (χ0) is 14.3. The first-order chi connectivity index (χ1) is 8.97. The van der Waals surface area contributed by atoms with E-state index in [9.17, 15) is 14.4 Å². The van der Waals surface area contributed by atoms with Crippen LogP contribution in [0.15, 0.2) is 24.3 Å². The molecule has 0 unspecified atom stereocenters. The summed E-state index contributed by atoms with van der Waals surface area (Å²) >= 11 is 0. The van der Waals surface area contributed by atoms with Crippen LogP contribution in [0.25, 0.3) is 0 Å². The first-order valence-corrected chi connectivity index (χ1v) is 5.82. The lowest BCUT2D eigenvalue weighted by Crippen LogP contribution is -2.33. The number of hydrogen-bond acceptors (Lipinski definition) is 3. The summed E-state index contributed by atoms with van der Waals surface area (Å²) in [5.74, 6) is -1.35. The van der Waals surface area contributed by atoms with Gasteiger partial charge in [0, 0.05) is 12.1 Å². The van der Waals surface area contributed by atoms with E-state index in [1.54, 1.807) is 12.1 Å². The van der Waals surface area contributed by atoms with Gasteiger partial charge >= 0.3 is 12.0 Å². The molecule has 0 aliphatic carbocycles. The molecule has 0 aliphatic heterocycles. The number of urea groups is 1. The van der Waals surface area contributed by atoms with Gasteiger partial charge in [0.15, 0.2) is 5.78 Å². The van der Waals surface area contributed by atoms with Crippen LogP contribution < -0.4 is 10.6 Å². The summed E-state index contributed by atoms with van der Waals surface area (Å²) in [6, 6.07) is 6.72. The first kappa shape index (κ1) is 14.7. The molecule has 0 aromatic heterocycles. The van der Waals surface area contributed by atoms with Crippen molar-refractivity contribution in [1.29, 1.82) is 0 Å². The molecule has 0 saturated heterocycles. The number of hydrogen-bond donors (Lipinski definition) is 3. The van der Waals surface area contributed by atoms with Crippen molar-refractivity contribution in [3.63, 3.8) is 0 Å². The number of ketones is 1. The fraction of sp³-hybridized carbons (Fsp3) is 0.308. The Morgan fingerprint density at radius 2 is 1.74 bits per heavy atom. The second-order valence-electron chi connectivity index (χ2n) is 4.11. The Morgan fingerprint density at radius 1 is 1.11 bits per heavy atom. The molecule has 0 fully saturated rings. The van der Waals surface area contributed by atoms with Gasteiger partial charge in [-0.05, 0) is 19.1 Å². The van der Waals surface area contributed by atoms with E-state index in [4.69, 9.17) is 5.11 Å². The topological polar surface area (TPSA) is 95.5 Å². The number of aryl methyl sites for hydroxylation is 1. The average molecular weight is 264 g/mol. The number of rotatable bonds is 6.